The average molecular weight is 464 g/mol. The van der Waals surface area contributed by atoms with Gasteiger partial charge in [0, 0.05) is 74.3 Å². The van der Waals surface area contributed by atoms with Crippen molar-refractivity contribution in [1.29, 1.82) is 0 Å². The summed E-state index contributed by atoms with van der Waals surface area (Å²) in [5.41, 5.74) is 7.76. The van der Waals surface area contributed by atoms with Crippen molar-refractivity contribution in [3.8, 4) is 16.9 Å². The van der Waals surface area contributed by atoms with E-state index in [4.69, 9.17) is 11.6 Å². The van der Waals surface area contributed by atoms with Crippen LogP contribution >= 0.6 is 11.6 Å². The summed E-state index contributed by atoms with van der Waals surface area (Å²) in [4.78, 5) is 10.1. The maximum Gasteiger partial charge on any atom is 0.0874 e. The van der Waals surface area contributed by atoms with Gasteiger partial charge in [-0.15, -0.1) is 0 Å². The van der Waals surface area contributed by atoms with E-state index in [1.54, 1.807) is 0 Å². The fourth-order valence-corrected chi connectivity index (χ4v) is 5.30. The minimum absolute atomic E-state index is 0.772. The maximum atomic E-state index is 6.30. The second-order valence-electron chi connectivity index (χ2n) is 9.39. The third kappa shape index (κ3) is 4.37. The van der Waals surface area contributed by atoms with Crippen LogP contribution in [0.5, 0.6) is 0 Å². The summed E-state index contributed by atoms with van der Waals surface area (Å²) in [6.45, 7) is 10.8. The van der Waals surface area contributed by atoms with E-state index in [1.807, 2.05) is 12.1 Å². The minimum Gasteiger partial charge on any atom is -0.366 e. The van der Waals surface area contributed by atoms with Crippen LogP contribution in [0.1, 0.15) is 5.69 Å². The molecule has 0 saturated carbocycles. The van der Waals surface area contributed by atoms with Crippen molar-refractivity contribution in [2.75, 3.05) is 76.3 Å². The number of hydrogen-bond donors (Lipinski definition) is 0. The first-order chi connectivity index (χ1) is 16.0. The van der Waals surface area contributed by atoms with Crippen molar-refractivity contribution in [2.24, 2.45) is 0 Å². The molecule has 2 aliphatic heterocycles. The number of nitrogens with zero attached hydrogens (tertiary/aromatic N) is 5. The maximum absolute atomic E-state index is 6.30. The molecule has 3 aromatic rings. The fraction of sp³-hybridized carbons (Fsp3) is 0.407. The van der Waals surface area contributed by atoms with Gasteiger partial charge in [0.15, 0.2) is 0 Å². The lowest BCUT2D eigenvalue weighted by atomic mass is 10.1. The van der Waals surface area contributed by atoms with Crippen LogP contribution in [0.2, 0.25) is 5.02 Å². The summed E-state index contributed by atoms with van der Waals surface area (Å²) in [6.07, 6.45) is 0. The average Bonchev–Trinajstić information content (AvgIpc) is 3.14. The Kier molecular flexibility index (Phi) is 6.37. The molecule has 2 aliphatic rings. The second-order valence-corrected chi connectivity index (χ2v) is 9.83. The molecular weight excluding hydrogens is 430 g/mol. The van der Waals surface area contributed by atoms with E-state index in [0.717, 1.165) is 57.4 Å². The van der Waals surface area contributed by atoms with Gasteiger partial charge in [0.25, 0.3) is 0 Å². The van der Waals surface area contributed by atoms with Gasteiger partial charge in [0.05, 0.1) is 17.1 Å². The number of para-hydroxylation sites is 1. The van der Waals surface area contributed by atoms with Crippen LogP contribution < -0.4 is 9.80 Å². The van der Waals surface area contributed by atoms with E-state index in [2.05, 4.69) is 87.7 Å². The van der Waals surface area contributed by atoms with E-state index in [9.17, 15) is 0 Å². The molecule has 0 aliphatic carbocycles. The third-order valence-electron chi connectivity index (χ3n) is 7.12. The number of aromatic nitrogens is 1. The number of anilines is 2. The van der Waals surface area contributed by atoms with Crippen molar-refractivity contribution in [3.63, 3.8) is 0 Å². The van der Waals surface area contributed by atoms with Gasteiger partial charge < -0.3 is 24.2 Å². The van der Waals surface area contributed by atoms with E-state index in [-0.39, 0.29) is 0 Å². The van der Waals surface area contributed by atoms with E-state index >= 15 is 0 Å². The van der Waals surface area contributed by atoms with E-state index in [0.29, 0.717) is 0 Å². The SMILES string of the molecule is Cc1c(N2CCN(C)CC2)c(N2CCN(C)CC2)c(-c2ccc(Cl)cc2)n1-c1ccccc1. The van der Waals surface area contributed by atoms with Crippen LogP contribution in [0.3, 0.4) is 0 Å². The lowest BCUT2D eigenvalue weighted by Gasteiger charge is -2.39. The molecule has 0 N–H and O–H groups in total. The topological polar surface area (TPSA) is 17.9 Å². The predicted molar refractivity (Wildman–Crippen MR) is 140 cm³/mol. The highest BCUT2D eigenvalue weighted by atomic mass is 35.5. The highest BCUT2D eigenvalue weighted by Crippen LogP contribution is 2.46. The summed E-state index contributed by atoms with van der Waals surface area (Å²) in [6, 6.07) is 19.1. The molecular formula is C27H34ClN5. The van der Waals surface area contributed by atoms with Gasteiger partial charge in [-0.25, -0.2) is 0 Å². The Balaban J connectivity index is 1.75. The van der Waals surface area contributed by atoms with Crippen LogP contribution in [-0.2, 0) is 0 Å². The smallest absolute Gasteiger partial charge is 0.0874 e. The van der Waals surface area contributed by atoms with Gasteiger partial charge in [0.1, 0.15) is 0 Å². The molecule has 174 valence electrons. The monoisotopic (exact) mass is 463 g/mol. The van der Waals surface area contributed by atoms with Crippen molar-refractivity contribution in [3.05, 3.63) is 65.3 Å². The molecule has 5 nitrogen and oxygen atoms in total. The first-order valence-corrected chi connectivity index (χ1v) is 12.3. The van der Waals surface area contributed by atoms with Crippen LogP contribution in [0.15, 0.2) is 54.6 Å². The van der Waals surface area contributed by atoms with Crippen LogP contribution in [0.25, 0.3) is 16.9 Å². The quantitative estimate of drug-likeness (QED) is 0.562. The molecule has 2 aromatic carbocycles. The Morgan fingerprint density at radius 1 is 0.636 bits per heavy atom. The van der Waals surface area contributed by atoms with Crippen molar-refractivity contribution < 1.29 is 0 Å². The Hall–Kier alpha value is -2.47. The Morgan fingerprint density at radius 3 is 1.70 bits per heavy atom. The number of likely N-dealkylation sites (N-methyl/N-ethyl adjacent to an activating group) is 2. The zero-order valence-corrected chi connectivity index (χ0v) is 20.7. The molecule has 33 heavy (non-hydrogen) atoms. The summed E-state index contributed by atoms with van der Waals surface area (Å²) < 4.78 is 2.46. The molecule has 2 fully saturated rings. The molecule has 0 amide bonds. The highest BCUT2D eigenvalue weighted by Gasteiger charge is 2.31. The first kappa shape index (κ1) is 22.3. The van der Waals surface area contributed by atoms with Crippen molar-refractivity contribution in [2.45, 2.75) is 6.92 Å². The van der Waals surface area contributed by atoms with Gasteiger partial charge >= 0.3 is 0 Å². The summed E-state index contributed by atoms with van der Waals surface area (Å²) in [5, 5.41) is 0.772. The number of halogens is 1. The molecule has 0 unspecified atom stereocenters. The van der Waals surface area contributed by atoms with Gasteiger partial charge in [0.2, 0.25) is 0 Å². The van der Waals surface area contributed by atoms with Gasteiger partial charge in [-0.2, -0.15) is 0 Å². The third-order valence-corrected chi connectivity index (χ3v) is 7.37. The molecule has 0 radical (unpaired) electrons. The highest BCUT2D eigenvalue weighted by molar-refractivity contribution is 6.30. The Bertz CT molecular complexity index is 1080. The van der Waals surface area contributed by atoms with Crippen molar-refractivity contribution >= 4 is 23.0 Å². The normalized spacial score (nSPS) is 18.2. The number of rotatable bonds is 4. The molecule has 5 rings (SSSR count). The Morgan fingerprint density at radius 2 is 1.15 bits per heavy atom. The van der Waals surface area contributed by atoms with Crippen molar-refractivity contribution in [1.82, 2.24) is 14.4 Å². The number of piperazine rings is 2. The van der Waals surface area contributed by atoms with E-state index in [1.165, 1.54) is 34.0 Å². The van der Waals surface area contributed by atoms with Gasteiger partial charge in [-0.3, -0.25) is 0 Å². The zero-order chi connectivity index (χ0) is 22.9. The van der Waals surface area contributed by atoms with Gasteiger partial charge in [-0.05, 0) is 45.3 Å². The summed E-state index contributed by atoms with van der Waals surface area (Å²) in [7, 11) is 4.44. The molecule has 2 saturated heterocycles. The fourth-order valence-electron chi connectivity index (χ4n) is 5.17. The molecule has 3 heterocycles. The number of benzene rings is 2. The molecule has 0 bridgehead atoms. The van der Waals surface area contributed by atoms with E-state index < -0.39 is 0 Å². The molecule has 1 aromatic heterocycles. The van der Waals surface area contributed by atoms with Gasteiger partial charge in [-0.1, -0.05) is 41.9 Å². The van der Waals surface area contributed by atoms with Crippen LogP contribution in [0, 0.1) is 6.92 Å². The Labute approximate surface area is 202 Å². The second kappa shape index (κ2) is 9.41. The molecule has 0 spiro atoms. The molecule has 6 heteroatoms. The zero-order valence-electron chi connectivity index (χ0n) is 20.0. The predicted octanol–water partition coefficient (Wildman–Crippen LogP) is 4.61. The summed E-state index contributed by atoms with van der Waals surface area (Å²) >= 11 is 6.30. The first-order valence-electron chi connectivity index (χ1n) is 12.0. The lowest BCUT2D eigenvalue weighted by Crippen LogP contribution is -2.47. The summed E-state index contributed by atoms with van der Waals surface area (Å²) in [5.74, 6) is 0. The van der Waals surface area contributed by atoms with Crippen LogP contribution in [-0.4, -0.2) is 80.8 Å². The minimum atomic E-state index is 0.772. The molecule has 0 atom stereocenters. The van der Waals surface area contributed by atoms with Crippen LogP contribution in [0.4, 0.5) is 11.4 Å². The standard InChI is InChI=1S/C27H34ClN5/c1-21-25(31-17-13-29(2)14-18-31)27(32-19-15-30(3)16-20-32)26(22-9-11-23(28)12-10-22)33(21)24-7-5-4-6-8-24/h4-12H,13-20H2,1-3H3. The lowest BCUT2D eigenvalue weighted by molar-refractivity contribution is 0.309. The number of hydrogen-bond acceptors (Lipinski definition) is 4. The largest absolute Gasteiger partial charge is 0.366 e.